The largest absolute Gasteiger partial charge is 0.375 e. The maximum atomic E-state index is 13.0. The van der Waals surface area contributed by atoms with Crippen molar-refractivity contribution in [3.05, 3.63) is 76.3 Å². The Bertz CT molecular complexity index is 984. The summed E-state index contributed by atoms with van der Waals surface area (Å²) < 4.78 is 0. The molecule has 5 heteroatoms. The summed E-state index contributed by atoms with van der Waals surface area (Å²) in [4.78, 5) is 27.5. The molecule has 0 radical (unpaired) electrons. The zero-order chi connectivity index (χ0) is 19.9. The molecule has 1 unspecified atom stereocenters. The number of nitrogens with zero attached hydrogens (tertiary/aromatic N) is 1. The van der Waals surface area contributed by atoms with Crippen LogP contribution in [-0.2, 0) is 23.2 Å². The van der Waals surface area contributed by atoms with Crippen LogP contribution in [0.4, 0.5) is 5.69 Å². The van der Waals surface area contributed by atoms with Crippen LogP contribution in [-0.4, -0.2) is 23.3 Å². The van der Waals surface area contributed by atoms with E-state index in [1.54, 1.807) is 30.3 Å². The highest BCUT2D eigenvalue weighted by molar-refractivity contribution is 6.31. The number of carbonyl (C=O) groups is 2. The van der Waals surface area contributed by atoms with Crippen LogP contribution < -0.4 is 4.90 Å². The second-order valence-electron chi connectivity index (χ2n) is 7.52. The van der Waals surface area contributed by atoms with Gasteiger partial charge in [-0.1, -0.05) is 29.8 Å². The molecule has 4 nitrogen and oxygen atoms in total. The third-order valence-corrected chi connectivity index (χ3v) is 5.93. The highest BCUT2D eigenvalue weighted by Crippen LogP contribution is 2.44. The van der Waals surface area contributed by atoms with Crippen LogP contribution in [0.25, 0.3) is 0 Å². The molecule has 2 aromatic carbocycles. The van der Waals surface area contributed by atoms with E-state index < -0.39 is 11.5 Å². The third kappa shape index (κ3) is 3.07. The summed E-state index contributed by atoms with van der Waals surface area (Å²) in [6.07, 6.45) is 5.57. The molecular formula is C23H22ClNO3. The lowest BCUT2D eigenvalue weighted by Crippen LogP contribution is -2.42. The molecule has 1 atom stereocenters. The SMILES string of the molecule is C=CCN1C(=O)C(O)(CC(=O)c2ccc3c(c2)CCCC3)c2cc(Cl)ccc21. The average molecular weight is 396 g/mol. The maximum absolute atomic E-state index is 13.0. The van der Waals surface area contributed by atoms with Crippen LogP contribution in [0.15, 0.2) is 49.1 Å². The first-order valence-electron chi connectivity index (χ1n) is 9.54. The van der Waals surface area contributed by atoms with Gasteiger partial charge in [0.1, 0.15) is 0 Å². The van der Waals surface area contributed by atoms with E-state index in [2.05, 4.69) is 6.58 Å². The van der Waals surface area contributed by atoms with E-state index >= 15 is 0 Å². The Labute approximate surface area is 169 Å². The van der Waals surface area contributed by atoms with E-state index in [-0.39, 0.29) is 18.7 Å². The molecule has 4 rings (SSSR count). The molecule has 0 bridgehead atoms. The van der Waals surface area contributed by atoms with E-state index in [1.165, 1.54) is 22.4 Å². The molecule has 144 valence electrons. The summed E-state index contributed by atoms with van der Waals surface area (Å²) in [6, 6.07) is 10.6. The summed E-state index contributed by atoms with van der Waals surface area (Å²) in [5, 5.41) is 11.7. The fraction of sp³-hybridized carbons (Fsp3) is 0.304. The number of anilines is 1. The van der Waals surface area contributed by atoms with Crippen molar-refractivity contribution in [1.82, 2.24) is 0 Å². The van der Waals surface area contributed by atoms with Gasteiger partial charge in [-0.15, -0.1) is 6.58 Å². The molecule has 0 saturated carbocycles. The number of benzene rings is 2. The van der Waals surface area contributed by atoms with E-state index in [9.17, 15) is 14.7 Å². The number of amides is 1. The number of aryl methyl sites for hydroxylation is 2. The molecule has 0 spiro atoms. The molecular weight excluding hydrogens is 374 g/mol. The van der Waals surface area contributed by atoms with Gasteiger partial charge >= 0.3 is 0 Å². The molecule has 1 aliphatic heterocycles. The van der Waals surface area contributed by atoms with Crippen LogP contribution in [0.1, 0.15) is 46.3 Å². The van der Waals surface area contributed by atoms with Crippen molar-refractivity contribution in [2.24, 2.45) is 0 Å². The summed E-state index contributed by atoms with van der Waals surface area (Å²) >= 11 is 6.11. The first kappa shape index (κ1) is 18.9. The van der Waals surface area contributed by atoms with Gasteiger partial charge in [-0.25, -0.2) is 0 Å². The van der Waals surface area contributed by atoms with Crippen molar-refractivity contribution in [1.29, 1.82) is 0 Å². The maximum Gasteiger partial charge on any atom is 0.264 e. The fourth-order valence-electron chi connectivity index (χ4n) is 4.25. The van der Waals surface area contributed by atoms with Gasteiger partial charge < -0.3 is 10.0 Å². The predicted octanol–water partition coefficient (Wildman–Crippen LogP) is 4.21. The minimum absolute atomic E-state index is 0.253. The smallest absolute Gasteiger partial charge is 0.264 e. The Morgan fingerprint density at radius 3 is 2.68 bits per heavy atom. The number of ketones is 1. The Morgan fingerprint density at radius 2 is 1.93 bits per heavy atom. The number of Topliss-reactive ketones (excluding diaryl/α,β-unsaturated/α-hetero) is 1. The Morgan fingerprint density at radius 1 is 1.18 bits per heavy atom. The number of fused-ring (bicyclic) bond motifs is 2. The van der Waals surface area contributed by atoms with Crippen molar-refractivity contribution in [3.63, 3.8) is 0 Å². The number of rotatable bonds is 5. The minimum Gasteiger partial charge on any atom is -0.375 e. The molecule has 1 heterocycles. The number of hydrogen-bond acceptors (Lipinski definition) is 3. The highest BCUT2D eigenvalue weighted by Gasteiger charge is 2.50. The normalized spacial score (nSPS) is 20.6. The van der Waals surface area contributed by atoms with Crippen LogP contribution in [0, 0.1) is 0 Å². The fourth-order valence-corrected chi connectivity index (χ4v) is 4.42. The zero-order valence-electron chi connectivity index (χ0n) is 15.6. The first-order chi connectivity index (χ1) is 13.4. The lowest BCUT2D eigenvalue weighted by molar-refractivity contribution is -0.135. The van der Waals surface area contributed by atoms with Crippen LogP contribution >= 0.6 is 11.6 Å². The second-order valence-corrected chi connectivity index (χ2v) is 7.95. The predicted molar refractivity (Wildman–Crippen MR) is 110 cm³/mol. The molecule has 0 saturated heterocycles. The van der Waals surface area contributed by atoms with Crippen molar-refractivity contribution < 1.29 is 14.7 Å². The van der Waals surface area contributed by atoms with Gasteiger partial charge in [-0.3, -0.25) is 9.59 Å². The molecule has 1 N–H and O–H groups in total. The van der Waals surface area contributed by atoms with E-state index in [0.29, 0.717) is 21.8 Å². The minimum atomic E-state index is -1.92. The second kappa shape index (κ2) is 7.19. The van der Waals surface area contributed by atoms with Crippen molar-refractivity contribution >= 4 is 29.0 Å². The first-order valence-corrected chi connectivity index (χ1v) is 9.92. The molecule has 0 fully saturated rings. The van der Waals surface area contributed by atoms with Crippen molar-refractivity contribution in [2.75, 3.05) is 11.4 Å². The Balaban J connectivity index is 1.68. The number of halogens is 1. The van der Waals surface area contributed by atoms with Gasteiger partial charge in [0.2, 0.25) is 0 Å². The van der Waals surface area contributed by atoms with E-state index in [4.69, 9.17) is 11.6 Å². The number of hydrogen-bond donors (Lipinski definition) is 1. The van der Waals surface area contributed by atoms with Gasteiger partial charge in [0.05, 0.1) is 12.1 Å². The highest BCUT2D eigenvalue weighted by atomic mass is 35.5. The summed E-state index contributed by atoms with van der Waals surface area (Å²) in [7, 11) is 0. The summed E-state index contributed by atoms with van der Waals surface area (Å²) in [5.74, 6) is -0.772. The standard InChI is InChI=1S/C23H22ClNO3/c1-2-11-25-20-10-9-18(24)13-19(20)23(28,22(25)27)14-21(26)17-8-7-15-5-3-4-6-16(15)12-17/h2,7-10,12-13,28H,1,3-6,11,14H2. The third-order valence-electron chi connectivity index (χ3n) is 5.69. The van der Waals surface area contributed by atoms with E-state index in [0.717, 1.165) is 19.3 Å². The topological polar surface area (TPSA) is 57.6 Å². The summed E-state index contributed by atoms with van der Waals surface area (Å²) in [6.45, 7) is 3.93. The average Bonchev–Trinajstić information content (AvgIpc) is 2.89. The van der Waals surface area contributed by atoms with Crippen molar-refractivity contribution in [2.45, 2.75) is 37.7 Å². The molecule has 1 amide bonds. The lowest BCUT2D eigenvalue weighted by atomic mass is 9.85. The van der Waals surface area contributed by atoms with Crippen molar-refractivity contribution in [3.8, 4) is 0 Å². The zero-order valence-corrected chi connectivity index (χ0v) is 16.3. The quantitative estimate of drug-likeness (QED) is 0.609. The number of aliphatic hydroxyl groups is 1. The van der Waals surface area contributed by atoms with Crippen LogP contribution in [0.3, 0.4) is 0 Å². The molecule has 0 aromatic heterocycles. The Kier molecular flexibility index (Phi) is 4.86. The van der Waals surface area contributed by atoms with Gasteiger partial charge in [-0.2, -0.15) is 0 Å². The van der Waals surface area contributed by atoms with E-state index in [1.807, 2.05) is 12.1 Å². The van der Waals surface area contributed by atoms with Gasteiger partial charge in [0.15, 0.2) is 11.4 Å². The molecule has 2 aliphatic rings. The Hall–Kier alpha value is -2.43. The molecule has 28 heavy (non-hydrogen) atoms. The number of carbonyl (C=O) groups excluding carboxylic acids is 2. The molecule has 2 aromatic rings. The monoisotopic (exact) mass is 395 g/mol. The van der Waals surface area contributed by atoms with Gasteiger partial charge in [0, 0.05) is 22.7 Å². The van der Waals surface area contributed by atoms with Crippen LogP contribution in [0.2, 0.25) is 5.02 Å². The van der Waals surface area contributed by atoms with Crippen LogP contribution in [0.5, 0.6) is 0 Å². The summed E-state index contributed by atoms with van der Waals surface area (Å²) in [5.41, 5.74) is 2.03. The molecule has 1 aliphatic carbocycles. The lowest BCUT2D eigenvalue weighted by Gasteiger charge is -2.23. The van der Waals surface area contributed by atoms with Gasteiger partial charge in [-0.05, 0) is 61.1 Å². The van der Waals surface area contributed by atoms with Gasteiger partial charge in [0.25, 0.3) is 5.91 Å².